The third-order valence-corrected chi connectivity index (χ3v) is 11.4. The molecule has 0 amide bonds. The summed E-state index contributed by atoms with van der Waals surface area (Å²) in [5.41, 5.74) is 0. The Morgan fingerprint density at radius 3 is 1.42 bits per heavy atom. The fourth-order valence-corrected chi connectivity index (χ4v) is 7.50. The van der Waals surface area contributed by atoms with Crippen LogP contribution >= 0.6 is 0 Å². The molecule has 4 N–H and O–H groups in total. The number of unbranched alkanes of at least 4 members (excludes halogenated alkanes) is 25. The first-order valence-corrected chi connectivity index (χ1v) is 25.0. The van der Waals surface area contributed by atoms with Crippen molar-refractivity contribution in [3.63, 3.8) is 0 Å². The van der Waals surface area contributed by atoms with Crippen molar-refractivity contribution in [2.45, 2.75) is 256 Å². The lowest BCUT2D eigenvalue weighted by Crippen LogP contribution is -2.60. The molecular formula is C51H90O11. The maximum Gasteiger partial charge on any atom is 0.335 e. The highest BCUT2D eigenvalue weighted by Crippen LogP contribution is 2.23. The second kappa shape index (κ2) is 41.2. The van der Waals surface area contributed by atoms with E-state index in [1.54, 1.807) is 0 Å². The molecule has 1 saturated heterocycles. The molecule has 1 rings (SSSR count). The molecule has 1 fully saturated rings. The van der Waals surface area contributed by atoms with Gasteiger partial charge in [-0.3, -0.25) is 9.59 Å². The number of hydrogen-bond donors (Lipinski definition) is 4. The Balaban J connectivity index is 2.28. The number of aliphatic hydroxyl groups is 3. The van der Waals surface area contributed by atoms with E-state index >= 15 is 0 Å². The van der Waals surface area contributed by atoms with Gasteiger partial charge in [-0.2, -0.15) is 0 Å². The summed E-state index contributed by atoms with van der Waals surface area (Å²) in [4.78, 5) is 36.9. The number of allylic oxidation sites excluding steroid dienone is 6. The summed E-state index contributed by atoms with van der Waals surface area (Å²) in [7, 11) is 0. The zero-order valence-electron chi connectivity index (χ0n) is 39.1. The highest BCUT2D eigenvalue weighted by atomic mass is 16.7. The molecule has 1 aliphatic heterocycles. The Hall–Kier alpha value is -2.57. The van der Waals surface area contributed by atoms with Gasteiger partial charge in [-0.1, -0.05) is 179 Å². The lowest BCUT2D eigenvalue weighted by Gasteiger charge is -2.38. The van der Waals surface area contributed by atoms with Crippen LogP contribution < -0.4 is 0 Å². The smallest absolute Gasteiger partial charge is 0.335 e. The zero-order chi connectivity index (χ0) is 45.3. The van der Waals surface area contributed by atoms with Gasteiger partial charge in [0, 0.05) is 12.8 Å². The lowest BCUT2D eigenvalue weighted by molar-refractivity contribution is -0.298. The van der Waals surface area contributed by atoms with Crippen LogP contribution in [-0.4, -0.2) is 88.4 Å². The van der Waals surface area contributed by atoms with Crippen molar-refractivity contribution in [2.24, 2.45) is 0 Å². The standard InChI is InChI=1S/C51H90O11/c1-3-5-7-9-11-13-15-17-18-19-20-21-22-23-24-25-26-28-30-32-34-36-38-40-45(53)61-43(42-60-51-48(56)46(54)47(55)49(62-51)50(57)58)41-59-44(52)39-37-35-33-31-29-27-16-14-12-10-8-6-4-2/h8,10,14,16,19-20,43,46-49,51,54-56H,3-7,9,11-13,15,17-18,21-42H2,1-2H3,(H,57,58)/b10-8-,16-14-,20-19-. The minimum absolute atomic E-state index is 0.180. The number of carboxylic acid groups (broad SMARTS) is 1. The molecule has 0 bridgehead atoms. The highest BCUT2D eigenvalue weighted by molar-refractivity contribution is 5.73. The molecule has 1 heterocycles. The number of ether oxygens (including phenoxy) is 4. The largest absolute Gasteiger partial charge is 0.479 e. The van der Waals surface area contributed by atoms with Gasteiger partial charge in [0.05, 0.1) is 6.61 Å². The van der Waals surface area contributed by atoms with E-state index in [0.717, 1.165) is 64.2 Å². The summed E-state index contributed by atoms with van der Waals surface area (Å²) in [6.45, 7) is 3.75. The van der Waals surface area contributed by atoms with E-state index in [1.165, 1.54) is 116 Å². The molecule has 0 aromatic heterocycles. The second-order valence-corrected chi connectivity index (χ2v) is 17.3. The summed E-state index contributed by atoms with van der Waals surface area (Å²) in [5, 5.41) is 39.9. The molecule has 0 aromatic carbocycles. The molecule has 11 heteroatoms. The quantitative estimate of drug-likeness (QED) is 0.0261. The van der Waals surface area contributed by atoms with E-state index in [2.05, 4.69) is 50.3 Å². The Kier molecular flexibility index (Phi) is 38.1. The fraction of sp³-hybridized carbons (Fsp3) is 0.824. The van der Waals surface area contributed by atoms with Crippen molar-refractivity contribution in [3.05, 3.63) is 36.5 Å². The minimum Gasteiger partial charge on any atom is -0.479 e. The first-order chi connectivity index (χ1) is 30.2. The van der Waals surface area contributed by atoms with Gasteiger partial charge >= 0.3 is 17.9 Å². The second-order valence-electron chi connectivity index (χ2n) is 17.3. The van der Waals surface area contributed by atoms with Crippen LogP contribution in [0, 0.1) is 0 Å². The van der Waals surface area contributed by atoms with E-state index in [9.17, 15) is 34.8 Å². The Labute approximate surface area is 376 Å². The zero-order valence-corrected chi connectivity index (χ0v) is 39.1. The molecule has 0 aliphatic carbocycles. The van der Waals surface area contributed by atoms with Crippen molar-refractivity contribution in [3.8, 4) is 0 Å². The number of esters is 2. The van der Waals surface area contributed by atoms with E-state index in [0.29, 0.717) is 12.8 Å². The van der Waals surface area contributed by atoms with Crippen LogP contribution in [0.15, 0.2) is 36.5 Å². The van der Waals surface area contributed by atoms with Crippen molar-refractivity contribution in [1.82, 2.24) is 0 Å². The number of carboxylic acids is 1. The number of carbonyl (C=O) groups is 3. The average molecular weight is 879 g/mol. The Morgan fingerprint density at radius 2 is 0.935 bits per heavy atom. The predicted octanol–water partition coefficient (Wildman–Crippen LogP) is 11.5. The van der Waals surface area contributed by atoms with Crippen molar-refractivity contribution >= 4 is 17.9 Å². The van der Waals surface area contributed by atoms with Gasteiger partial charge in [0.15, 0.2) is 18.5 Å². The Bertz CT molecular complexity index is 1170. The van der Waals surface area contributed by atoms with E-state index in [4.69, 9.17) is 18.9 Å². The van der Waals surface area contributed by atoms with Crippen molar-refractivity contribution in [2.75, 3.05) is 13.2 Å². The molecule has 62 heavy (non-hydrogen) atoms. The van der Waals surface area contributed by atoms with Gasteiger partial charge in [-0.05, 0) is 64.2 Å². The molecule has 360 valence electrons. The van der Waals surface area contributed by atoms with Crippen LogP contribution in [-0.2, 0) is 33.3 Å². The molecular weight excluding hydrogens is 789 g/mol. The molecule has 0 spiro atoms. The maximum absolute atomic E-state index is 12.8. The molecule has 0 aromatic rings. The van der Waals surface area contributed by atoms with Crippen LogP contribution in [0.5, 0.6) is 0 Å². The van der Waals surface area contributed by atoms with E-state index in [1.807, 2.05) is 0 Å². The van der Waals surface area contributed by atoms with Crippen LogP contribution in [0.4, 0.5) is 0 Å². The first kappa shape index (κ1) is 57.4. The van der Waals surface area contributed by atoms with Gasteiger partial charge in [0.1, 0.15) is 24.9 Å². The number of rotatable bonds is 42. The number of aliphatic hydroxyl groups excluding tert-OH is 3. The Morgan fingerprint density at radius 1 is 0.500 bits per heavy atom. The number of hydrogen-bond acceptors (Lipinski definition) is 10. The molecule has 1 aliphatic rings. The summed E-state index contributed by atoms with van der Waals surface area (Å²) in [6, 6.07) is 0. The van der Waals surface area contributed by atoms with E-state index < -0.39 is 61.3 Å². The van der Waals surface area contributed by atoms with Gasteiger partial charge < -0.3 is 39.4 Å². The maximum atomic E-state index is 12.8. The van der Waals surface area contributed by atoms with Gasteiger partial charge in [-0.15, -0.1) is 0 Å². The van der Waals surface area contributed by atoms with Gasteiger partial charge in [-0.25, -0.2) is 4.79 Å². The van der Waals surface area contributed by atoms with Crippen LogP contribution in [0.2, 0.25) is 0 Å². The van der Waals surface area contributed by atoms with E-state index in [-0.39, 0.29) is 19.4 Å². The third-order valence-electron chi connectivity index (χ3n) is 11.4. The van der Waals surface area contributed by atoms with Crippen molar-refractivity contribution in [1.29, 1.82) is 0 Å². The first-order valence-electron chi connectivity index (χ1n) is 25.0. The molecule has 6 unspecified atom stereocenters. The molecule has 11 nitrogen and oxygen atoms in total. The predicted molar refractivity (Wildman–Crippen MR) is 248 cm³/mol. The normalized spacial score (nSPS) is 19.8. The van der Waals surface area contributed by atoms with Crippen molar-refractivity contribution < 1.29 is 53.8 Å². The van der Waals surface area contributed by atoms with Crippen LogP contribution in [0.3, 0.4) is 0 Å². The summed E-state index contributed by atoms with van der Waals surface area (Å²) in [6.07, 6.45) is 39.2. The third kappa shape index (κ3) is 32.1. The summed E-state index contributed by atoms with van der Waals surface area (Å²) < 4.78 is 21.8. The summed E-state index contributed by atoms with van der Waals surface area (Å²) in [5.74, 6) is -2.46. The SMILES string of the molecule is CCC/C=C\C/C=C\CCCCCCCC(=O)OCC(COC1OC(C(=O)O)C(O)C(O)C1O)OC(=O)CCCCCCCCCCCCC/C=C\CCCCCCCCCC. The average Bonchev–Trinajstić information content (AvgIpc) is 3.26. The van der Waals surface area contributed by atoms with Gasteiger partial charge in [0.2, 0.25) is 0 Å². The molecule has 6 atom stereocenters. The van der Waals surface area contributed by atoms with Crippen LogP contribution in [0.1, 0.15) is 219 Å². The van der Waals surface area contributed by atoms with Gasteiger partial charge in [0.25, 0.3) is 0 Å². The summed E-state index contributed by atoms with van der Waals surface area (Å²) >= 11 is 0. The highest BCUT2D eigenvalue weighted by Gasteiger charge is 2.47. The fourth-order valence-electron chi connectivity index (χ4n) is 7.50. The lowest BCUT2D eigenvalue weighted by atomic mass is 9.99. The monoisotopic (exact) mass is 879 g/mol. The molecule has 0 saturated carbocycles. The van der Waals surface area contributed by atoms with Crippen LogP contribution in [0.25, 0.3) is 0 Å². The topological polar surface area (TPSA) is 169 Å². The number of carbonyl (C=O) groups excluding carboxylic acids is 2. The number of aliphatic carboxylic acids is 1. The minimum atomic E-state index is -1.86. The molecule has 0 radical (unpaired) electrons.